The van der Waals surface area contributed by atoms with E-state index in [-0.39, 0.29) is 18.4 Å². The van der Waals surface area contributed by atoms with Crippen molar-refractivity contribution in [2.24, 2.45) is 5.92 Å². The van der Waals surface area contributed by atoms with Crippen LogP contribution in [0.2, 0.25) is 0 Å². The molecular weight excluding hydrogens is 189 g/mol. The van der Waals surface area contributed by atoms with Crippen LogP contribution in [-0.2, 0) is 0 Å². The van der Waals surface area contributed by atoms with Gasteiger partial charge in [0.05, 0.1) is 0 Å². The lowest BCUT2D eigenvalue weighted by atomic mass is 9.78. The van der Waals surface area contributed by atoms with E-state index < -0.39 is 6.17 Å². The first-order chi connectivity index (χ1) is 5.88. The molecule has 2 rings (SSSR count). The van der Waals surface area contributed by atoms with Crippen molar-refractivity contribution in [1.82, 2.24) is 5.32 Å². The summed E-state index contributed by atoms with van der Waals surface area (Å²) in [5.41, 5.74) is 0. The molecule has 0 aromatic carbocycles. The number of nitrogens with one attached hydrogen (secondary N) is 1. The summed E-state index contributed by atoms with van der Waals surface area (Å²) in [5, 5.41) is 3.29. The minimum Gasteiger partial charge on any atom is -0.311 e. The molecule has 78 valence electrons. The number of halogens is 2. The molecule has 1 aliphatic heterocycles. The second-order valence-electron chi connectivity index (χ2n) is 4.19. The number of hydrogen-bond donors (Lipinski definition) is 1. The molecule has 13 heavy (non-hydrogen) atoms. The minimum absolute atomic E-state index is 0. The van der Waals surface area contributed by atoms with Crippen molar-refractivity contribution >= 4 is 12.4 Å². The van der Waals surface area contributed by atoms with Crippen LogP contribution < -0.4 is 5.32 Å². The normalized spacial score (nSPS) is 31.6. The number of hydrogen-bond acceptors (Lipinski definition) is 1. The molecule has 2 aliphatic rings. The highest BCUT2D eigenvalue weighted by Gasteiger charge is 2.33. The fourth-order valence-electron chi connectivity index (χ4n) is 2.24. The van der Waals surface area contributed by atoms with Crippen LogP contribution in [0.15, 0.2) is 0 Å². The van der Waals surface area contributed by atoms with Gasteiger partial charge in [-0.3, -0.25) is 0 Å². The Balaban J connectivity index is 0.000000845. The monoisotopic (exact) mass is 207 g/mol. The summed E-state index contributed by atoms with van der Waals surface area (Å²) >= 11 is 0. The smallest absolute Gasteiger partial charge is 0.118 e. The number of piperidine rings is 1. The summed E-state index contributed by atoms with van der Waals surface area (Å²) in [6.45, 7) is 1.03. The first-order valence-corrected chi connectivity index (χ1v) is 5.25. The first kappa shape index (κ1) is 11.3. The first-order valence-electron chi connectivity index (χ1n) is 5.25. The van der Waals surface area contributed by atoms with Crippen LogP contribution in [0.25, 0.3) is 0 Å². The molecule has 0 amide bonds. The molecule has 3 heteroatoms. The molecule has 1 saturated heterocycles. The molecule has 1 N–H and O–H groups in total. The largest absolute Gasteiger partial charge is 0.311 e. The summed E-state index contributed by atoms with van der Waals surface area (Å²) < 4.78 is 13.7. The lowest BCUT2D eigenvalue weighted by molar-refractivity contribution is 0.0982. The summed E-state index contributed by atoms with van der Waals surface area (Å²) in [7, 11) is 0. The van der Waals surface area contributed by atoms with E-state index in [2.05, 4.69) is 5.32 Å². The molecule has 0 aromatic heterocycles. The topological polar surface area (TPSA) is 12.0 Å². The van der Waals surface area contributed by atoms with Crippen molar-refractivity contribution < 1.29 is 4.39 Å². The fraction of sp³-hybridized carbons (Fsp3) is 1.00. The highest BCUT2D eigenvalue weighted by atomic mass is 35.5. The molecule has 0 spiro atoms. The summed E-state index contributed by atoms with van der Waals surface area (Å²) in [5.74, 6) is 0.389. The van der Waals surface area contributed by atoms with Gasteiger partial charge in [0.25, 0.3) is 0 Å². The maximum Gasteiger partial charge on any atom is 0.118 e. The molecular formula is C10H19ClFN. The average Bonchev–Trinajstić information content (AvgIpc) is 2.03. The Kier molecular flexibility index (Phi) is 4.47. The third-order valence-electron chi connectivity index (χ3n) is 3.33. The van der Waals surface area contributed by atoms with E-state index in [1.807, 2.05) is 0 Å². The maximum atomic E-state index is 13.7. The van der Waals surface area contributed by atoms with E-state index in [9.17, 15) is 4.39 Å². The van der Waals surface area contributed by atoms with Gasteiger partial charge in [-0.25, -0.2) is 4.39 Å². The number of rotatable bonds is 2. The van der Waals surface area contributed by atoms with Gasteiger partial charge in [0, 0.05) is 6.04 Å². The molecule has 1 aliphatic carbocycles. The van der Waals surface area contributed by atoms with E-state index >= 15 is 0 Å². The fourth-order valence-corrected chi connectivity index (χ4v) is 2.24. The van der Waals surface area contributed by atoms with Gasteiger partial charge in [-0.15, -0.1) is 12.4 Å². The van der Waals surface area contributed by atoms with Gasteiger partial charge in [0.1, 0.15) is 6.17 Å². The van der Waals surface area contributed by atoms with Gasteiger partial charge in [0.2, 0.25) is 0 Å². The van der Waals surface area contributed by atoms with Crippen LogP contribution in [0.5, 0.6) is 0 Å². The van der Waals surface area contributed by atoms with Crippen LogP contribution >= 0.6 is 12.4 Å². The van der Waals surface area contributed by atoms with Crippen molar-refractivity contribution in [2.45, 2.75) is 50.7 Å². The van der Waals surface area contributed by atoms with Gasteiger partial charge in [-0.05, 0) is 38.1 Å². The quantitative estimate of drug-likeness (QED) is 0.734. The molecule has 0 radical (unpaired) electrons. The predicted molar refractivity (Wildman–Crippen MR) is 55.1 cm³/mol. The zero-order valence-electron chi connectivity index (χ0n) is 7.97. The van der Waals surface area contributed by atoms with Crippen LogP contribution in [0, 0.1) is 5.92 Å². The van der Waals surface area contributed by atoms with Crippen molar-refractivity contribution in [1.29, 1.82) is 0 Å². The lowest BCUT2D eigenvalue weighted by Crippen LogP contribution is -2.45. The molecule has 0 aromatic rings. The summed E-state index contributed by atoms with van der Waals surface area (Å²) in [4.78, 5) is 0. The van der Waals surface area contributed by atoms with Crippen molar-refractivity contribution in [3.05, 3.63) is 0 Å². The highest BCUT2D eigenvalue weighted by Crippen LogP contribution is 2.34. The van der Waals surface area contributed by atoms with Crippen LogP contribution in [0.3, 0.4) is 0 Å². The third-order valence-corrected chi connectivity index (χ3v) is 3.33. The van der Waals surface area contributed by atoms with Gasteiger partial charge < -0.3 is 5.32 Å². The maximum absolute atomic E-state index is 13.7. The van der Waals surface area contributed by atoms with Crippen molar-refractivity contribution in [3.63, 3.8) is 0 Å². The van der Waals surface area contributed by atoms with E-state index in [1.165, 1.54) is 19.3 Å². The second kappa shape index (κ2) is 5.16. The van der Waals surface area contributed by atoms with Crippen LogP contribution in [-0.4, -0.2) is 18.8 Å². The van der Waals surface area contributed by atoms with Crippen molar-refractivity contribution in [2.75, 3.05) is 6.54 Å². The van der Waals surface area contributed by atoms with Gasteiger partial charge in [-0.2, -0.15) is 0 Å². The Morgan fingerprint density at radius 1 is 1.08 bits per heavy atom. The van der Waals surface area contributed by atoms with Gasteiger partial charge in [-0.1, -0.05) is 12.8 Å². The Hall–Kier alpha value is 0.180. The Morgan fingerprint density at radius 3 is 2.31 bits per heavy atom. The molecule has 1 heterocycles. The summed E-state index contributed by atoms with van der Waals surface area (Å²) in [6.07, 6.45) is 6.44. The molecule has 1 nitrogen and oxygen atoms in total. The SMILES string of the molecule is Cl.FC(C1CCC1)C1CCCCN1. The average molecular weight is 208 g/mol. The van der Waals surface area contributed by atoms with Crippen LogP contribution in [0.4, 0.5) is 4.39 Å². The number of alkyl halides is 1. The molecule has 2 fully saturated rings. The van der Waals surface area contributed by atoms with Crippen molar-refractivity contribution in [3.8, 4) is 0 Å². The molecule has 1 saturated carbocycles. The molecule has 2 unspecified atom stereocenters. The predicted octanol–water partition coefficient (Wildman–Crippen LogP) is 2.69. The Bertz CT molecular complexity index is 144. The lowest BCUT2D eigenvalue weighted by Gasteiger charge is -2.35. The van der Waals surface area contributed by atoms with Gasteiger partial charge >= 0.3 is 0 Å². The molecule has 0 bridgehead atoms. The van der Waals surface area contributed by atoms with E-state index in [0.717, 1.165) is 25.8 Å². The Morgan fingerprint density at radius 2 is 1.85 bits per heavy atom. The standard InChI is InChI=1S/C10H18FN.ClH/c11-10(8-4-3-5-8)9-6-1-2-7-12-9;/h8-10,12H,1-7H2;1H. The van der Waals surface area contributed by atoms with Crippen LogP contribution in [0.1, 0.15) is 38.5 Å². The van der Waals surface area contributed by atoms with E-state index in [1.54, 1.807) is 0 Å². The third kappa shape index (κ3) is 2.57. The zero-order chi connectivity index (χ0) is 8.39. The minimum atomic E-state index is -0.556. The second-order valence-corrected chi connectivity index (χ2v) is 4.19. The zero-order valence-corrected chi connectivity index (χ0v) is 8.78. The van der Waals surface area contributed by atoms with Gasteiger partial charge in [0.15, 0.2) is 0 Å². The van der Waals surface area contributed by atoms with E-state index in [0.29, 0.717) is 5.92 Å². The highest BCUT2D eigenvalue weighted by molar-refractivity contribution is 5.85. The Labute approximate surface area is 85.9 Å². The molecule has 2 atom stereocenters. The summed E-state index contributed by atoms with van der Waals surface area (Å²) in [6, 6.07) is 0.184. The van der Waals surface area contributed by atoms with E-state index in [4.69, 9.17) is 0 Å².